The van der Waals surface area contributed by atoms with E-state index < -0.39 is 0 Å². The molecule has 4 aromatic carbocycles. The Kier molecular flexibility index (Phi) is 3.39. The van der Waals surface area contributed by atoms with Crippen molar-refractivity contribution < 1.29 is 0 Å². The molecular formula is C24H16S. The van der Waals surface area contributed by atoms with Gasteiger partial charge < -0.3 is 0 Å². The summed E-state index contributed by atoms with van der Waals surface area (Å²) in [7, 11) is 0. The van der Waals surface area contributed by atoms with E-state index >= 15 is 0 Å². The molecule has 0 amide bonds. The van der Waals surface area contributed by atoms with Gasteiger partial charge in [0, 0.05) is 20.2 Å². The second-order valence-corrected chi connectivity index (χ2v) is 7.30. The van der Waals surface area contributed by atoms with Crippen LogP contribution in [0, 0.1) is 0 Å². The maximum Gasteiger partial charge on any atom is 0.0361 e. The van der Waals surface area contributed by atoms with Gasteiger partial charge in [-0.1, -0.05) is 84.9 Å². The summed E-state index contributed by atoms with van der Waals surface area (Å²) in [5.41, 5.74) is 5.10. The van der Waals surface area contributed by atoms with Gasteiger partial charge in [-0.15, -0.1) is 11.3 Å². The molecule has 0 nitrogen and oxygen atoms in total. The molecular weight excluding hydrogens is 320 g/mol. The molecule has 0 aliphatic carbocycles. The van der Waals surface area contributed by atoms with Gasteiger partial charge in [0.15, 0.2) is 0 Å². The van der Waals surface area contributed by atoms with Crippen LogP contribution in [0.4, 0.5) is 0 Å². The monoisotopic (exact) mass is 336 g/mol. The summed E-state index contributed by atoms with van der Waals surface area (Å²) in [6, 6.07) is 34.8. The molecule has 0 bridgehead atoms. The van der Waals surface area contributed by atoms with Crippen molar-refractivity contribution in [2.45, 2.75) is 0 Å². The first kappa shape index (κ1) is 14.4. The van der Waals surface area contributed by atoms with Gasteiger partial charge in [0.1, 0.15) is 0 Å². The Hall–Kier alpha value is -2.90. The molecule has 0 unspecified atom stereocenters. The fourth-order valence-corrected chi connectivity index (χ4v) is 4.62. The van der Waals surface area contributed by atoms with Gasteiger partial charge in [0.05, 0.1) is 0 Å². The van der Waals surface area contributed by atoms with Gasteiger partial charge >= 0.3 is 0 Å². The van der Waals surface area contributed by atoms with Crippen LogP contribution in [0.2, 0.25) is 0 Å². The van der Waals surface area contributed by atoms with E-state index in [1.807, 2.05) is 11.3 Å². The van der Waals surface area contributed by atoms with E-state index in [9.17, 15) is 0 Å². The summed E-state index contributed by atoms with van der Waals surface area (Å²) < 4.78 is 2.71. The highest BCUT2D eigenvalue weighted by molar-refractivity contribution is 7.25. The van der Waals surface area contributed by atoms with Crippen molar-refractivity contribution in [1.29, 1.82) is 0 Å². The number of hydrogen-bond acceptors (Lipinski definition) is 1. The van der Waals surface area contributed by atoms with Crippen molar-refractivity contribution in [3.05, 3.63) is 97.1 Å². The Balaban J connectivity index is 1.68. The van der Waals surface area contributed by atoms with Crippen LogP contribution in [0.5, 0.6) is 0 Å². The summed E-state index contributed by atoms with van der Waals surface area (Å²) in [5, 5.41) is 2.72. The zero-order valence-corrected chi connectivity index (χ0v) is 14.5. The highest BCUT2D eigenvalue weighted by Crippen LogP contribution is 2.40. The van der Waals surface area contributed by atoms with Crippen LogP contribution in [-0.4, -0.2) is 0 Å². The summed E-state index contributed by atoms with van der Waals surface area (Å²) in [4.78, 5) is 0. The summed E-state index contributed by atoms with van der Waals surface area (Å²) >= 11 is 1.87. The average Bonchev–Trinajstić information content (AvgIpc) is 3.08. The van der Waals surface area contributed by atoms with E-state index in [1.165, 1.54) is 42.4 Å². The lowest BCUT2D eigenvalue weighted by Crippen LogP contribution is -1.81. The van der Waals surface area contributed by atoms with Gasteiger partial charge in [0.2, 0.25) is 0 Å². The maximum atomic E-state index is 2.24. The summed E-state index contributed by atoms with van der Waals surface area (Å²) in [6.07, 6.45) is 0. The smallest absolute Gasteiger partial charge is 0.0361 e. The largest absolute Gasteiger partial charge is 0.135 e. The van der Waals surface area contributed by atoms with Crippen LogP contribution in [0.1, 0.15) is 0 Å². The maximum absolute atomic E-state index is 2.24. The standard InChI is InChI=1S/C24H16S/c1-2-7-17(8-3-1)18-13-15-19(16-14-18)20-10-6-12-23-24(20)21-9-4-5-11-22(21)25-23/h1-16H. The normalized spacial score (nSPS) is 11.2. The van der Waals surface area contributed by atoms with Gasteiger partial charge in [0.25, 0.3) is 0 Å². The lowest BCUT2D eigenvalue weighted by Gasteiger charge is -2.07. The minimum absolute atomic E-state index is 1.26. The molecule has 0 aliphatic rings. The first-order valence-corrected chi connectivity index (χ1v) is 9.28. The lowest BCUT2D eigenvalue weighted by atomic mass is 9.97. The molecule has 25 heavy (non-hydrogen) atoms. The predicted octanol–water partition coefficient (Wildman–Crippen LogP) is 7.39. The molecule has 118 valence electrons. The quantitative estimate of drug-likeness (QED) is 0.315. The zero-order valence-electron chi connectivity index (χ0n) is 13.6. The topological polar surface area (TPSA) is 0 Å². The predicted molar refractivity (Wildman–Crippen MR) is 110 cm³/mol. The zero-order chi connectivity index (χ0) is 16.6. The fourth-order valence-electron chi connectivity index (χ4n) is 3.49. The molecule has 5 rings (SSSR count). The molecule has 1 aromatic heterocycles. The van der Waals surface area contributed by atoms with Crippen molar-refractivity contribution in [1.82, 2.24) is 0 Å². The van der Waals surface area contributed by atoms with Crippen LogP contribution in [0.15, 0.2) is 97.1 Å². The molecule has 0 saturated carbocycles. The summed E-state index contributed by atoms with van der Waals surface area (Å²) in [6.45, 7) is 0. The molecule has 0 atom stereocenters. The lowest BCUT2D eigenvalue weighted by molar-refractivity contribution is 1.61. The van der Waals surface area contributed by atoms with Crippen LogP contribution in [0.25, 0.3) is 42.4 Å². The van der Waals surface area contributed by atoms with Gasteiger partial charge in [-0.2, -0.15) is 0 Å². The molecule has 0 spiro atoms. The number of thiophene rings is 1. The van der Waals surface area contributed by atoms with E-state index in [0.717, 1.165) is 0 Å². The Morgan fingerprint density at radius 2 is 1.08 bits per heavy atom. The Morgan fingerprint density at radius 1 is 0.440 bits per heavy atom. The van der Waals surface area contributed by atoms with E-state index in [0.29, 0.717) is 0 Å². The fraction of sp³-hybridized carbons (Fsp3) is 0. The molecule has 0 aliphatic heterocycles. The van der Waals surface area contributed by atoms with Crippen molar-refractivity contribution in [2.24, 2.45) is 0 Å². The number of hydrogen-bond donors (Lipinski definition) is 0. The number of fused-ring (bicyclic) bond motifs is 3. The SMILES string of the molecule is c1ccc(-c2ccc(-c3cccc4sc5ccccc5c34)cc2)cc1. The molecule has 0 fully saturated rings. The number of benzene rings is 4. The number of rotatable bonds is 2. The molecule has 0 N–H and O–H groups in total. The highest BCUT2D eigenvalue weighted by atomic mass is 32.1. The molecule has 1 heterocycles. The first-order valence-electron chi connectivity index (χ1n) is 8.46. The van der Waals surface area contributed by atoms with Crippen molar-refractivity contribution >= 4 is 31.5 Å². The average molecular weight is 336 g/mol. The minimum atomic E-state index is 1.26. The van der Waals surface area contributed by atoms with E-state index in [-0.39, 0.29) is 0 Å². The van der Waals surface area contributed by atoms with Gasteiger partial charge in [-0.05, 0) is 34.4 Å². The molecule has 0 radical (unpaired) electrons. The van der Waals surface area contributed by atoms with Crippen molar-refractivity contribution in [3.63, 3.8) is 0 Å². The highest BCUT2D eigenvalue weighted by Gasteiger charge is 2.10. The first-order chi connectivity index (χ1) is 12.4. The summed E-state index contributed by atoms with van der Waals surface area (Å²) in [5.74, 6) is 0. The second kappa shape index (κ2) is 5.87. The molecule has 0 saturated heterocycles. The van der Waals surface area contributed by atoms with Crippen LogP contribution in [-0.2, 0) is 0 Å². The van der Waals surface area contributed by atoms with Gasteiger partial charge in [-0.3, -0.25) is 0 Å². The van der Waals surface area contributed by atoms with Crippen LogP contribution in [0.3, 0.4) is 0 Å². The third-order valence-corrected chi connectivity index (χ3v) is 5.84. The minimum Gasteiger partial charge on any atom is -0.135 e. The van der Waals surface area contributed by atoms with E-state index in [4.69, 9.17) is 0 Å². The van der Waals surface area contributed by atoms with E-state index in [2.05, 4.69) is 97.1 Å². The Bertz CT molecular complexity index is 1170. The van der Waals surface area contributed by atoms with Crippen LogP contribution < -0.4 is 0 Å². The Morgan fingerprint density at radius 3 is 1.92 bits per heavy atom. The molecule has 5 aromatic rings. The second-order valence-electron chi connectivity index (χ2n) is 6.22. The van der Waals surface area contributed by atoms with Crippen molar-refractivity contribution in [2.75, 3.05) is 0 Å². The van der Waals surface area contributed by atoms with Crippen LogP contribution >= 0.6 is 11.3 Å². The molecule has 1 heteroatoms. The van der Waals surface area contributed by atoms with E-state index in [1.54, 1.807) is 0 Å². The third-order valence-electron chi connectivity index (χ3n) is 4.71. The Labute approximate surface area is 151 Å². The van der Waals surface area contributed by atoms with Crippen molar-refractivity contribution in [3.8, 4) is 22.3 Å². The van der Waals surface area contributed by atoms with Gasteiger partial charge in [-0.25, -0.2) is 0 Å². The third kappa shape index (κ3) is 2.45.